The van der Waals surface area contributed by atoms with Crippen LogP contribution in [0, 0.1) is 5.82 Å². The highest BCUT2D eigenvalue weighted by Crippen LogP contribution is 2.39. The Kier molecular flexibility index (Phi) is 6.19. The van der Waals surface area contributed by atoms with E-state index in [2.05, 4.69) is 37.2 Å². The summed E-state index contributed by atoms with van der Waals surface area (Å²) in [6.07, 6.45) is 1.84. The molecule has 0 atom stereocenters. The van der Waals surface area contributed by atoms with Crippen LogP contribution in [0.25, 0.3) is 6.08 Å². The minimum atomic E-state index is -0.610. The van der Waals surface area contributed by atoms with Gasteiger partial charge in [0, 0.05) is 28.0 Å². The molecule has 1 aliphatic heterocycles. The number of benzene rings is 1. The van der Waals surface area contributed by atoms with Gasteiger partial charge in [-0.1, -0.05) is 37.9 Å². The first kappa shape index (κ1) is 20.6. The summed E-state index contributed by atoms with van der Waals surface area (Å²) in [5.74, 6) is -0.505. The van der Waals surface area contributed by atoms with Crippen molar-refractivity contribution in [3.8, 4) is 0 Å². The first-order valence-corrected chi connectivity index (χ1v) is 9.46. The van der Waals surface area contributed by atoms with Crippen LogP contribution >= 0.6 is 31.9 Å². The lowest BCUT2D eigenvalue weighted by Gasteiger charge is -2.32. The van der Waals surface area contributed by atoms with Gasteiger partial charge in [-0.15, -0.1) is 0 Å². The molecule has 0 saturated carbocycles. The molecule has 0 aliphatic carbocycles. The maximum Gasteiger partial charge on any atom is 0.492 e. The third-order valence-corrected chi connectivity index (χ3v) is 5.78. The van der Waals surface area contributed by atoms with E-state index in [1.54, 1.807) is 0 Å². The Morgan fingerprint density at radius 1 is 1.20 bits per heavy atom. The number of hydrogen-bond donors (Lipinski definition) is 1. The number of amides is 1. The lowest BCUT2D eigenvalue weighted by Crippen LogP contribution is -2.41. The van der Waals surface area contributed by atoms with Crippen LogP contribution in [-0.4, -0.2) is 30.8 Å². The number of hydrogen-bond acceptors (Lipinski definition) is 3. The molecular weight excluding hydrogens is 456 g/mol. The molecule has 1 fully saturated rings. The van der Waals surface area contributed by atoms with Crippen molar-refractivity contribution in [1.82, 2.24) is 5.32 Å². The smallest absolute Gasteiger partial charge is 0.400 e. The highest BCUT2D eigenvalue weighted by molar-refractivity contribution is 9.11. The summed E-state index contributed by atoms with van der Waals surface area (Å²) in [5.41, 5.74) is 0.493. The predicted molar refractivity (Wildman–Crippen MR) is 105 cm³/mol. The maximum atomic E-state index is 13.5. The predicted octanol–water partition coefficient (Wildman–Crippen LogP) is 4.50. The minimum absolute atomic E-state index is 0.153. The van der Waals surface area contributed by atoms with Gasteiger partial charge >= 0.3 is 7.12 Å². The molecule has 0 aromatic heterocycles. The highest BCUT2D eigenvalue weighted by atomic mass is 79.9. The lowest BCUT2D eigenvalue weighted by molar-refractivity contribution is -0.118. The van der Waals surface area contributed by atoms with Gasteiger partial charge in [0.2, 0.25) is 5.91 Å². The van der Waals surface area contributed by atoms with Crippen molar-refractivity contribution in [2.75, 3.05) is 6.54 Å². The van der Waals surface area contributed by atoms with Crippen molar-refractivity contribution in [1.29, 1.82) is 0 Å². The van der Waals surface area contributed by atoms with Crippen molar-refractivity contribution >= 4 is 51.0 Å². The average Bonchev–Trinajstić information content (AvgIpc) is 2.65. The van der Waals surface area contributed by atoms with E-state index in [0.717, 1.165) is 11.0 Å². The monoisotopic (exact) mass is 475 g/mol. The molecule has 25 heavy (non-hydrogen) atoms. The maximum absolute atomic E-state index is 13.5. The minimum Gasteiger partial charge on any atom is -0.400 e. The van der Waals surface area contributed by atoms with Crippen LogP contribution in [0.2, 0.25) is 0 Å². The number of rotatable bonds is 4. The summed E-state index contributed by atoms with van der Waals surface area (Å²) in [6.45, 7) is 9.58. The second kappa shape index (κ2) is 7.51. The molecule has 1 aromatic carbocycles. The molecule has 1 aromatic rings. The molecule has 1 aliphatic rings. The first-order valence-electron chi connectivity index (χ1n) is 7.88. The van der Waals surface area contributed by atoms with Gasteiger partial charge in [0.25, 0.3) is 0 Å². The zero-order valence-electron chi connectivity index (χ0n) is 14.9. The Morgan fingerprint density at radius 2 is 1.68 bits per heavy atom. The fourth-order valence-electron chi connectivity index (χ4n) is 2.30. The molecule has 1 N–H and O–H groups in total. The summed E-state index contributed by atoms with van der Waals surface area (Å²) in [7, 11) is -0.610. The zero-order valence-corrected chi connectivity index (χ0v) is 18.0. The van der Waals surface area contributed by atoms with Gasteiger partial charge in [-0.2, -0.15) is 0 Å². The highest BCUT2D eigenvalue weighted by Gasteiger charge is 2.52. The summed E-state index contributed by atoms with van der Waals surface area (Å²) < 4.78 is 26.9. The van der Waals surface area contributed by atoms with Crippen LogP contribution in [0.3, 0.4) is 0 Å². The van der Waals surface area contributed by atoms with Crippen molar-refractivity contribution in [2.24, 2.45) is 0 Å². The Bertz CT molecular complexity index is 683. The van der Waals surface area contributed by atoms with Crippen LogP contribution in [0.15, 0.2) is 26.6 Å². The van der Waals surface area contributed by atoms with Crippen LogP contribution < -0.4 is 5.32 Å². The fourth-order valence-corrected chi connectivity index (χ4v) is 3.66. The van der Waals surface area contributed by atoms with E-state index in [-0.39, 0.29) is 18.3 Å². The molecule has 8 heteroatoms. The van der Waals surface area contributed by atoms with Gasteiger partial charge in [-0.25, -0.2) is 4.39 Å². The van der Waals surface area contributed by atoms with E-state index in [1.807, 2.05) is 33.8 Å². The number of halogens is 3. The van der Waals surface area contributed by atoms with Gasteiger partial charge in [0.15, 0.2) is 0 Å². The van der Waals surface area contributed by atoms with Crippen LogP contribution in [0.5, 0.6) is 0 Å². The van der Waals surface area contributed by atoms with Crippen molar-refractivity contribution in [3.63, 3.8) is 0 Å². The molecule has 0 spiro atoms. The molecular formula is C17H21BBr2FNO3. The van der Waals surface area contributed by atoms with Crippen LogP contribution in [0.4, 0.5) is 4.39 Å². The quantitative estimate of drug-likeness (QED) is 0.651. The van der Waals surface area contributed by atoms with Gasteiger partial charge in [0.1, 0.15) is 5.82 Å². The summed E-state index contributed by atoms with van der Waals surface area (Å²) >= 11 is 6.75. The van der Waals surface area contributed by atoms with E-state index >= 15 is 0 Å². The Labute approximate surface area is 164 Å². The van der Waals surface area contributed by atoms with Crippen molar-refractivity contribution < 1.29 is 18.5 Å². The topological polar surface area (TPSA) is 47.6 Å². The van der Waals surface area contributed by atoms with Crippen LogP contribution in [0.1, 0.15) is 40.2 Å². The molecule has 1 saturated heterocycles. The normalized spacial score (nSPS) is 19.2. The van der Waals surface area contributed by atoms with Gasteiger partial charge in [-0.05, 0) is 45.3 Å². The fraction of sp³-hybridized carbons (Fsp3) is 0.471. The lowest BCUT2D eigenvalue weighted by atomic mass is 9.77. The van der Waals surface area contributed by atoms with E-state index in [9.17, 15) is 9.18 Å². The number of carbonyl (C=O) groups excluding carboxylic acids is 1. The van der Waals surface area contributed by atoms with Crippen molar-refractivity contribution in [3.05, 3.63) is 37.9 Å². The average molecular weight is 477 g/mol. The molecule has 0 unspecified atom stereocenters. The standard InChI is InChI=1S/C17H21BBr2FNO3/c1-10(23)22-9-11(18-24-16(2,3)17(4,5)25-18)6-13-14(19)7-12(21)8-15(13)20/h6-8H,9H2,1-5H3,(H,22,23). The molecule has 1 amide bonds. The van der Waals surface area contributed by atoms with E-state index in [1.165, 1.54) is 19.1 Å². The third kappa shape index (κ3) is 4.73. The molecule has 1 heterocycles. The SMILES string of the molecule is CC(=O)NCC(=Cc1c(Br)cc(F)cc1Br)B1OC(C)(C)C(C)(C)O1. The Balaban J connectivity index is 2.42. The summed E-state index contributed by atoms with van der Waals surface area (Å²) in [5, 5.41) is 2.78. The number of carbonyl (C=O) groups is 1. The largest absolute Gasteiger partial charge is 0.492 e. The van der Waals surface area contributed by atoms with Gasteiger partial charge in [-0.3, -0.25) is 4.79 Å². The van der Waals surface area contributed by atoms with Crippen LogP contribution in [-0.2, 0) is 14.1 Å². The molecule has 0 bridgehead atoms. The molecule has 136 valence electrons. The first-order chi connectivity index (χ1) is 11.4. The molecule has 0 radical (unpaired) electrons. The molecule has 4 nitrogen and oxygen atoms in total. The second-order valence-corrected chi connectivity index (χ2v) is 8.71. The van der Waals surface area contributed by atoms with E-state index < -0.39 is 18.3 Å². The summed E-state index contributed by atoms with van der Waals surface area (Å²) in [4.78, 5) is 11.4. The van der Waals surface area contributed by atoms with E-state index in [4.69, 9.17) is 9.31 Å². The summed E-state index contributed by atoms with van der Waals surface area (Å²) in [6, 6.07) is 2.77. The Morgan fingerprint density at radius 3 is 2.12 bits per heavy atom. The third-order valence-electron chi connectivity index (χ3n) is 4.47. The van der Waals surface area contributed by atoms with E-state index in [0.29, 0.717) is 8.95 Å². The van der Waals surface area contributed by atoms with Gasteiger partial charge in [0.05, 0.1) is 11.2 Å². The van der Waals surface area contributed by atoms with Crippen molar-refractivity contribution in [2.45, 2.75) is 45.8 Å². The number of nitrogens with one attached hydrogen (secondary N) is 1. The second-order valence-electron chi connectivity index (χ2n) is 7.00. The van der Waals surface area contributed by atoms with Gasteiger partial charge < -0.3 is 14.6 Å². The zero-order chi connectivity index (χ0) is 19.0. The Hall–Kier alpha value is -0.695. The molecule has 2 rings (SSSR count).